The summed E-state index contributed by atoms with van der Waals surface area (Å²) in [5.74, 6) is -0.485. The molecule has 0 radical (unpaired) electrons. The lowest BCUT2D eigenvalue weighted by molar-refractivity contribution is -0.384. The third-order valence-electron chi connectivity index (χ3n) is 3.10. The Bertz CT molecular complexity index is 734. The summed E-state index contributed by atoms with van der Waals surface area (Å²) in [6, 6.07) is 10.5. The zero-order valence-electron chi connectivity index (χ0n) is 11.5. The maximum atomic E-state index is 12.3. The van der Waals surface area contributed by atoms with Crippen molar-refractivity contribution < 1.29 is 9.72 Å². The van der Waals surface area contributed by atoms with Crippen molar-refractivity contribution >= 4 is 34.8 Å². The van der Waals surface area contributed by atoms with E-state index in [1.165, 1.54) is 12.1 Å². The summed E-state index contributed by atoms with van der Waals surface area (Å²) in [6.45, 7) is 1.79. The van der Waals surface area contributed by atoms with Crippen molar-refractivity contribution in [3.05, 3.63) is 73.8 Å². The number of carbonyl (C=O) groups excluding carboxylic acids is 1. The monoisotopic (exact) mass is 338 g/mol. The number of rotatable bonds is 4. The van der Waals surface area contributed by atoms with Crippen LogP contribution in [0.5, 0.6) is 0 Å². The Balaban J connectivity index is 2.22. The summed E-state index contributed by atoms with van der Waals surface area (Å²) in [5, 5.41) is 14.2. The van der Waals surface area contributed by atoms with E-state index in [1.807, 2.05) is 6.07 Å². The molecule has 0 saturated heterocycles. The van der Waals surface area contributed by atoms with Crippen LogP contribution in [0.4, 0.5) is 5.69 Å². The number of carbonyl (C=O) groups is 1. The first-order valence-corrected chi connectivity index (χ1v) is 7.14. The van der Waals surface area contributed by atoms with Gasteiger partial charge in [0.15, 0.2) is 0 Å². The Hall–Kier alpha value is -2.11. The molecule has 2 aromatic rings. The van der Waals surface area contributed by atoms with Gasteiger partial charge in [0, 0.05) is 17.2 Å². The minimum atomic E-state index is -0.576. The molecule has 0 spiro atoms. The third-order valence-corrected chi connectivity index (χ3v) is 3.67. The summed E-state index contributed by atoms with van der Waals surface area (Å²) in [7, 11) is 0. The van der Waals surface area contributed by atoms with Crippen molar-refractivity contribution in [1.29, 1.82) is 0 Å². The molecular formula is C15H12Cl2N2O3. The molecule has 0 heterocycles. The highest BCUT2D eigenvalue weighted by Crippen LogP contribution is 2.23. The first kappa shape index (κ1) is 16.3. The number of hydrogen-bond donors (Lipinski definition) is 1. The van der Waals surface area contributed by atoms with Gasteiger partial charge in [-0.25, -0.2) is 0 Å². The molecule has 1 amide bonds. The lowest BCUT2D eigenvalue weighted by Crippen LogP contribution is -2.27. The molecule has 2 aromatic carbocycles. The summed E-state index contributed by atoms with van der Waals surface area (Å²) in [5.41, 5.74) is 0.692. The van der Waals surface area contributed by atoms with Gasteiger partial charge in [-0.05, 0) is 30.7 Å². The molecule has 0 saturated carbocycles. The van der Waals surface area contributed by atoms with E-state index in [9.17, 15) is 14.9 Å². The van der Waals surface area contributed by atoms with Crippen LogP contribution in [0.15, 0.2) is 42.5 Å². The van der Waals surface area contributed by atoms with Crippen LogP contribution in [0.2, 0.25) is 10.0 Å². The van der Waals surface area contributed by atoms with Crippen molar-refractivity contribution in [3.63, 3.8) is 0 Å². The maximum Gasteiger partial charge on any atom is 0.270 e. The van der Waals surface area contributed by atoms with Crippen molar-refractivity contribution in [2.75, 3.05) is 0 Å². The number of amides is 1. The van der Waals surface area contributed by atoms with Crippen molar-refractivity contribution in [2.24, 2.45) is 0 Å². The number of nitrogens with zero attached hydrogens (tertiary/aromatic N) is 1. The normalized spacial score (nSPS) is 11.8. The van der Waals surface area contributed by atoms with Gasteiger partial charge in [-0.1, -0.05) is 35.3 Å². The predicted octanol–water partition coefficient (Wildman–Crippen LogP) is 4.39. The van der Waals surface area contributed by atoms with Crippen LogP contribution in [0.25, 0.3) is 0 Å². The average molecular weight is 339 g/mol. The molecule has 0 aliphatic carbocycles. The maximum absolute atomic E-state index is 12.3. The SMILES string of the molecule is CC(NC(=O)c1cc([N+](=O)[O-])ccc1Cl)c1cccc(Cl)c1. The molecule has 0 aliphatic heterocycles. The summed E-state index contributed by atoms with van der Waals surface area (Å²) < 4.78 is 0. The number of halogens is 2. The number of hydrogen-bond acceptors (Lipinski definition) is 3. The number of nitro groups is 1. The van der Waals surface area contributed by atoms with Crippen LogP contribution in [-0.4, -0.2) is 10.8 Å². The van der Waals surface area contributed by atoms with E-state index in [4.69, 9.17) is 23.2 Å². The molecule has 22 heavy (non-hydrogen) atoms. The quantitative estimate of drug-likeness (QED) is 0.663. The minimum Gasteiger partial charge on any atom is -0.345 e. The van der Waals surface area contributed by atoms with Gasteiger partial charge in [0.2, 0.25) is 0 Å². The molecule has 0 aliphatic rings. The largest absolute Gasteiger partial charge is 0.345 e. The molecule has 1 unspecified atom stereocenters. The van der Waals surface area contributed by atoms with E-state index in [0.29, 0.717) is 5.02 Å². The number of nitro benzene ring substituents is 1. The zero-order valence-corrected chi connectivity index (χ0v) is 13.1. The topological polar surface area (TPSA) is 72.2 Å². The first-order valence-electron chi connectivity index (χ1n) is 6.38. The molecule has 0 aromatic heterocycles. The van der Waals surface area contributed by atoms with E-state index in [2.05, 4.69) is 5.32 Å². The Labute approximate surface area is 137 Å². The fraction of sp³-hybridized carbons (Fsp3) is 0.133. The second kappa shape index (κ2) is 6.77. The Kier molecular flexibility index (Phi) is 5.00. The van der Waals surface area contributed by atoms with E-state index >= 15 is 0 Å². The molecule has 114 valence electrons. The fourth-order valence-corrected chi connectivity index (χ4v) is 2.34. The zero-order chi connectivity index (χ0) is 16.3. The third kappa shape index (κ3) is 3.75. The lowest BCUT2D eigenvalue weighted by atomic mass is 10.1. The minimum absolute atomic E-state index is 0.0599. The Morgan fingerprint density at radius 2 is 1.95 bits per heavy atom. The van der Waals surface area contributed by atoms with Crippen LogP contribution in [0.3, 0.4) is 0 Å². The highest BCUT2D eigenvalue weighted by Gasteiger charge is 2.18. The highest BCUT2D eigenvalue weighted by atomic mass is 35.5. The Morgan fingerprint density at radius 1 is 1.23 bits per heavy atom. The van der Waals surface area contributed by atoms with Crippen LogP contribution in [0, 0.1) is 10.1 Å². The van der Waals surface area contributed by atoms with Gasteiger partial charge in [0.05, 0.1) is 21.6 Å². The van der Waals surface area contributed by atoms with Gasteiger partial charge in [0.25, 0.3) is 11.6 Å². The van der Waals surface area contributed by atoms with Crippen molar-refractivity contribution in [3.8, 4) is 0 Å². The van der Waals surface area contributed by atoms with E-state index in [-0.39, 0.29) is 22.3 Å². The standard InChI is InChI=1S/C15H12Cl2N2O3/c1-9(10-3-2-4-11(16)7-10)18-15(20)13-8-12(19(21)22)5-6-14(13)17/h2-9H,1H3,(H,18,20). The number of benzene rings is 2. The molecule has 0 fully saturated rings. The summed E-state index contributed by atoms with van der Waals surface area (Å²) >= 11 is 11.9. The van der Waals surface area contributed by atoms with Gasteiger partial charge in [0.1, 0.15) is 0 Å². The second-order valence-electron chi connectivity index (χ2n) is 4.67. The van der Waals surface area contributed by atoms with E-state index in [1.54, 1.807) is 25.1 Å². The number of nitrogens with one attached hydrogen (secondary N) is 1. The average Bonchev–Trinajstić information content (AvgIpc) is 2.47. The summed E-state index contributed by atoms with van der Waals surface area (Å²) in [4.78, 5) is 22.5. The van der Waals surface area contributed by atoms with Crippen LogP contribution in [-0.2, 0) is 0 Å². The molecular weight excluding hydrogens is 327 g/mol. The molecule has 5 nitrogen and oxygen atoms in total. The van der Waals surface area contributed by atoms with Gasteiger partial charge in [-0.15, -0.1) is 0 Å². The van der Waals surface area contributed by atoms with Gasteiger partial charge in [-0.3, -0.25) is 14.9 Å². The Morgan fingerprint density at radius 3 is 2.59 bits per heavy atom. The van der Waals surface area contributed by atoms with Gasteiger partial charge >= 0.3 is 0 Å². The molecule has 1 N–H and O–H groups in total. The van der Waals surface area contributed by atoms with Crippen molar-refractivity contribution in [2.45, 2.75) is 13.0 Å². The second-order valence-corrected chi connectivity index (χ2v) is 5.52. The molecule has 0 bridgehead atoms. The lowest BCUT2D eigenvalue weighted by Gasteiger charge is -2.15. The van der Waals surface area contributed by atoms with Crippen LogP contribution < -0.4 is 5.32 Å². The molecule has 2 rings (SSSR count). The van der Waals surface area contributed by atoms with Crippen LogP contribution >= 0.6 is 23.2 Å². The first-order chi connectivity index (χ1) is 10.4. The van der Waals surface area contributed by atoms with Gasteiger partial charge < -0.3 is 5.32 Å². The smallest absolute Gasteiger partial charge is 0.270 e. The highest BCUT2D eigenvalue weighted by molar-refractivity contribution is 6.34. The van der Waals surface area contributed by atoms with Crippen LogP contribution in [0.1, 0.15) is 28.9 Å². The van der Waals surface area contributed by atoms with E-state index < -0.39 is 10.8 Å². The number of non-ortho nitro benzene ring substituents is 1. The molecule has 1 atom stereocenters. The summed E-state index contributed by atoms with van der Waals surface area (Å²) in [6.07, 6.45) is 0. The van der Waals surface area contributed by atoms with E-state index in [0.717, 1.165) is 11.6 Å². The predicted molar refractivity (Wildman–Crippen MR) is 85.4 cm³/mol. The van der Waals surface area contributed by atoms with Crippen molar-refractivity contribution in [1.82, 2.24) is 5.32 Å². The molecule has 7 heteroatoms. The van der Waals surface area contributed by atoms with Gasteiger partial charge in [-0.2, -0.15) is 0 Å². The fourth-order valence-electron chi connectivity index (χ4n) is 1.93.